The van der Waals surface area contributed by atoms with Crippen LogP contribution in [0.3, 0.4) is 0 Å². The summed E-state index contributed by atoms with van der Waals surface area (Å²) in [6.45, 7) is 2.40. The van der Waals surface area contributed by atoms with E-state index in [9.17, 15) is 4.79 Å². The number of rotatable bonds is 3. The van der Waals surface area contributed by atoms with Crippen LogP contribution in [0.5, 0.6) is 0 Å². The second-order valence-corrected chi connectivity index (χ2v) is 3.86. The average molecular weight is 267 g/mol. The van der Waals surface area contributed by atoms with Crippen LogP contribution in [0.1, 0.15) is 18.9 Å². The molecule has 0 spiro atoms. The molecule has 5 heteroatoms. The largest absolute Gasteiger partial charge is 0.395 e. The number of hydrogen-bond donors (Lipinski definition) is 3. The highest BCUT2D eigenvalue weighted by Crippen LogP contribution is 2.22. The lowest BCUT2D eigenvalue weighted by molar-refractivity contribution is 0.252. The van der Waals surface area contributed by atoms with Crippen molar-refractivity contribution in [1.82, 2.24) is 5.32 Å². The second kappa shape index (κ2) is 7.59. The molecule has 0 radical (unpaired) electrons. The number of nitrogens with one attached hydrogen (secondary N) is 2. The summed E-state index contributed by atoms with van der Waals surface area (Å²) in [5, 5.41) is 14.3. The van der Waals surface area contributed by atoms with Gasteiger partial charge in [0.25, 0.3) is 0 Å². The van der Waals surface area contributed by atoms with Crippen molar-refractivity contribution in [1.29, 1.82) is 0 Å². The predicted octanol–water partition coefficient (Wildman–Crippen LogP) is 2.22. The summed E-state index contributed by atoms with van der Waals surface area (Å²) in [5.41, 5.74) is 1.25. The molecule has 2 amide bonds. The van der Waals surface area contributed by atoms with E-state index < -0.39 is 0 Å². The normalized spacial score (nSPS) is 9.28. The fourth-order valence-electron chi connectivity index (χ4n) is 1.25. The fraction of sp³-hybridized carbons (Fsp3) is 0.308. The first kappa shape index (κ1) is 14.4. The molecule has 0 fully saturated rings. The molecular weight excluding hydrogens is 252 g/mol. The van der Waals surface area contributed by atoms with E-state index >= 15 is 0 Å². The first-order valence-electron chi connectivity index (χ1n) is 5.61. The highest BCUT2D eigenvalue weighted by molar-refractivity contribution is 6.33. The molecule has 0 aromatic heterocycles. The maximum Gasteiger partial charge on any atom is 0.319 e. The number of amides is 2. The molecule has 1 aromatic carbocycles. The molecular formula is C13H15ClN2O2. The Morgan fingerprint density at radius 1 is 1.50 bits per heavy atom. The van der Waals surface area contributed by atoms with Gasteiger partial charge in [0.1, 0.15) is 0 Å². The first-order valence-corrected chi connectivity index (χ1v) is 5.99. The Hall–Kier alpha value is -1.70. The Kier molecular flexibility index (Phi) is 6.06. The summed E-state index contributed by atoms with van der Waals surface area (Å²) in [5.74, 6) is 5.68. The summed E-state index contributed by atoms with van der Waals surface area (Å²) in [4.78, 5) is 11.4. The monoisotopic (exact) mass is 266 g/mol. The van der Waals surface area contributed by atoms with E-state index in [0.717, 1.165) is 5.56 Å². The van der Waals surface area contributed by atoms with E-state index in [0.29, 0.717) is 23.7 Å². The van der Waals surface area contributed by atoms with Crippen LogP contribution in [0.4, 0.5) is 10.5 Å². The Balaban J connectivity index is 2.82. The Labute approximate surface area is 111 Å². The lowest BCUT2D eigenvalue weighted by Crippen LogP contribution is -2.28. The standard InChI is InChI=1S/C13H15ClN2O2/c1-2-15-13(18)16-12-9-10(5-3-4-8-17)6-7-11(12)14/h6-7,9,17H,2,4,8H2,1H3,(H2,15,16,18). The minimum atomic E-state index is -0.306. The number of anilines is 1. The zero-order valence-corrected chi connectivity index (χ0v) is 10.8. The van der Waals surface area contributed by atoms with E-state index in [-0.39, 0.29) is 12.6 Å². The van der Waals surface area contributed by atoms with Crippen LogP contribution in [-0.2, 0) is 0 Å². The molecule has 0 unspecified atom stereocenters. The number of benzene rings is 1. The molecule has 0 heterocycles. The van der Waals surface area contributed by atoms with Crippen molar-refractivity contribution in [3.05, 3.63) is 28.8 Å². The van der Waals surface area contributed by atoms with E-state index in [4.69, 9.17) is 16.7 Å². The van der Waals surface area contributed by atoms with E-state index in [1.165, 1.54) is 0 Å². The molecule has 3 N–H and O–H groups in total. The summed E-state index contributed by atoms with van der Waals surface area (Å²) in [6, 6.07) is 4.82. The maximum absolute atomic E-state index is 11.4. The van der Waals surface area contributed by atoms with Crippen LogP contribution in [0, 0.1) is 11.8 Å². The number of hydrogen-bond acceptors (Lipinski definition) is 2. The lowest BCUT2D eigenvalue weighted by atomic mass is 10.2. The third-order valence-electron chi connectivity index (χ3n) is 2.02. The fourth-order valence-corrected chi connectivity index (χ4v) is 1.41. The third kappa shape index (κ3) is 4.66. The maximum atomic E-state index is 11.4. The van der Waals surface area contributed by atoms with Crippen LogP contribution < -0.4 is 10.6 Å². The van der Waals surface area contributed by atoms with Gasteiger partial charge in [0.15, 0.2) is 0 Å². The topological polar surface area (TPSA) is 61.4 Å². The van der Waals surface area contributed by atoms with Gasteiger partial charge in [0, 0.05) is 18.5 Å². The van der Waals surface area contributed by atoms with Gasteiger partial charge in [-0.15, -0.1) is 0 Å². The van der Waals surface area contributed by atoms with E-state index in [1.807, 2.05) is 6.92 Å². The quantitative estimate of drug-likeness (QED) is 0.735. The van der Waals surface area contributed by atoms with E-state index in [1.54, 1.807) is 18.2 Å². The van der Waals surface area contributed by atoms with Gasteiger partial charge in [-0.1, -0.05) is 23.4 Å². The molecule has 0 saturated carbocycles. The molecule has 96 valence electrons. The molecule has 0 aliphatic heterocycles. The molecule has 0 aliphatic rings. The van der Waals surface area contributed by atoms with Gasteiger partial charge in [-0.2, -0.15) is 0 Å². The van der Waals surface area contributed by atoms with Crippen molar-refractivity contribution in [2.45, 2.75) is 13.3 Å². The van der Waals surface area contributed by atoms with Gasteiger partial charge in [0.2, 0.25) is 0 Å². The highest BCUT2D eigenvalue weighted by Gasteiger charge is 2.04. The molecule has 0 saturated heterocycles. The summed E-state index contributed by atoms with van der Waals surface area (Å²) < 4.78 is 0. The molecule has 4 nitrogen and oxygen atoms in total. The highest BCUT2D eigenvalue weighted by atomic mass is 35.5. The minimum absolute atomic E-state index is 0.0323. The summed E-state index contributed by atoms with van der Waals surface area (Å²) >= 11 is 5.97. The van der Waals surface area contributed by atoms with Crippen LogP contribution >= 0.6 is 11.6 Å². The van der Waals surface area contributed by atoms with Gasteiger partial charge < -0.3 is 15.7 Å². The smallest absolute Gasteiger partial charge is 0.319 e. The molecule has 0 atom stereocenters. The van der Waals surface area contributed by atoms with Crippen molar-refractivity contribution in [3.63, 3.8) is 0 Å². The lowest BCUT2D eigenvalue weighted by Gasteiger charge is -2.07. The van der Waals surface area contributed by atoms with Crippen LogP contribution in [0.2, 0.25) is 5.02 Å². The van der Waals surface area contributed by atoms with Gasteiger partial charge in [0.05, 0.1) is 17.3 Å². The Morgan fingerprint density at radius 3 is 2.94 bits per heavy atom. The molecule has 0 aliphatic carbocycles. The number of aliphatic hydroxyl groups excluding tert-OH is 1. The average Bonchev–Trinajstić information content (AvgIpc) is 2.34. The third-order valence-corrected chi connectivity index (χ3v) is 2.35. The van der Waals surface area contributed by atoms with Crippen LogP contribution in [-0.4, -0.2) is 24.3 Å². The first-order chi connectivity index (χ1) is 8.67. The van der Waals surface area contributed by atoms with Crippen molar-refractivity contribution in [3.8, 4) is 11.8 Å². The van der Waals surface area contributed by atoms with Gasteiger partial charge in [-0.3, -0.25) is 0 Å². The Morgan fingerprint density at radius 2 is 2.28 bits per heavy atom. The predicted molar refractivity (Wildman–Crippen MR) is 72.7 cm³/mol. The number of urea groups is 1. The van der Waals surface area contributed by atoms with Crippen molar-refractivity contribution >= 4 is 23.3 Å². The number of carbonyl (C=O) groups excluding carboxylic acids is 1. The summed E-state index contributed by atoms with van der Waals surface area (Å²) in [6.07, 6.45) is 0.418. The van der Waals surface area contributed by atoms with Gasteiger partial charge >= 0.3 is 6.03 Å². The molecule has 1 rings (SSSR count). The van der Waals surface area contributed by atoms with Crippen molar-refractivity contribution in [2.75, 3.05) is 18.5 Å². The van der Waals surface area contributed by atoms with Crippen LogP contribution in [0.25, 0.3) is 0 Å². The number of carbonyl (C=O) groups is 1. The zero-order valence-electron chi connectivity index (χ0n) is 10.1. The van der Waals surface area contributed by atoms with Crippen LogP contribution in [0.15, 0.2) is 18.2 Å². The molecule has 1 aromatic rings. The number of halogens is 1. The van der Waals surface area contributed by atoms with E-state index in [2.05, 4.69) is 22.5 Å². The minimum Gasteiger partial charge on any atom is -0.395 e. The van der Waals surface area contributed by atoms with Gasteiger partial charge in [-0.05, 0) is 25.1 Å². The second-order valence-electron chi connectivity index (χ2n) is 3.45. The summed E-state index contributed by atoms with van der Waals surface area (Å²) in [7, 11) is 0. The SMILES string of the molecule is CCNC(=O)Nc1cc(C#CCCO)ccc1Cl. The molecule has 18 heavy (non-hydrogen) atoms. The zero-order chi connectivity index (χ0) is 13.4. The molecule has 0 bridgehead atoms. The van der Waals surface area contributed by atoms with Crippen molar-refractivity contribution in [2.24, 2.45) is 0 Å². The van der Waals surface area contributed by atoms with Gasteiger partial charge in [-0.25, -0.2) is 4.79 Å². The number of aliphatic hydroxyl groups is 1. The Bertz CT molecular complexity index is 478. The van der Waals surface area contributed by atoms with Crippen molar-refractivity contribution < 1.29 is 9.90 Å².